The van der Waals surface area contributed by atoms with Crippen LogP contribution in [0.5, 0.6) is 0 Å². The summed E-state index contributed by atoms with van der Waals surface area (Å²) in [6, 6.07) is 0. The molecule has 4 heteroatoms. The van der Waals surface area contributed by atoms with E-state index in [-0.39, 0.29) is 12.8 Å². The number of hydrogen-bond donors (Lipinski definition) is 2. The molecule has 0 heterocycles. The summed E-state index contributed by atoms with van der Waals surface area (Å²) in [7, 11) is 0. The second kappa shape index (κ2) is 2.80. The minimum Gasteiger partial charge on any atom is -0.387 e. The van der Waals surface area contributed by atoms with Crippen molar-refractivity contribution in [2.24, 2.45) is 0 Å². The van der Waals surface area contributed by atoms with Crippen molar-refractivity contribution in [2.45, 2.75) is 37.4 Å². The Balaban J connectivity index is 2.52. The van der Waals surface area contributed by atoms with Gasteiger partial charge in [-0.3, -0.25) is 0 Å². The molecule has 0 spiro atoms. The van der Waals surface area contributed by atoms with Crippen LogP contribution in [-0.2, 0) is 0 Å². The Morgan fingerprint density at radius 1 is 0.900 bits per heavy atom. The summed E-state index contributed by atoms with van der Waals surface area (Å²) in [5.41, 5.74) is 0. The van der Waals surface area contributed by atoms with Crippen molar-refractivity contribution < 1.29 is 19.0 Å². The molecule has 60 valence electrons. The molecule has 1 rings (SSSR count). The van der Waals surface area contributed by atoms with E-state index in [1.807, 2.05) is 0 Å². The fraction of sp³-hybridized carbons (Fsp3) is 1.00. The van der Waals surface area contributed by atoms with Crippen molar-refractivity contribution in [1.82, 2.24) is 0 Å². The third-order valence-corrected chi connectivity index (χ3v) is 1.81. The SMILES string of the molecule is O[C@@H]1[C@H](O)[C@@H](F)CC[C@H]1F. The van der Waals surface area contributed by atoms with Gasteiger partial charge in [-0.15, -0.1) is 0 Å². The van der Waals surface area contributed by atoms with E-state index in [9.17, 15) is 8.78 Å². The highest BCUT2D eigenvalue weighted by Crippen LogP contribution is 2.24. The Kier molecular flexibility index (Phi) is 2.21. The second-order valence-corrected chi connectivity index (χ2v) is 2.59. The lowest BCUT2D eigenvalue weighted by Crippen LogP contribution is -2.45. The average Bonchev–Trinajstić information content (AvgIpc) is 1.93. The topological polar surface area (TPSA) is 40.5 Å². The quantitative estimate of drug-likeness (QED) is 0.519. The Hall–Kier alpha value is -0.220. The van der Waals surface area contributed by atoms with Crippen molar-refractivity contribution in [2.75, 3.05) is 0 Å². The van der Waals surface area contributed by atoms with E-state index in [1.165, 1.54) is 0 Å². The van der Waals surface area contributed by atoms with E-state index in [0.717, 1.165) is 0 Å². The normalized spacial score (nSPS) is 49.2. The summed E-state index contributed by atoms with van der Waals surface area (Å²) in [5.74, 6) is 0. The molecule has 1 saturated carbocycles. The molecule has 1 aliphatic rings. The van der Waals surface area contributed by atoms with Crippen LogP contribution >= 0.6 is 0 Å². The molecule has 2 N–H and O–H groups in total. The molecule has 1 fully saturated rings. The molecular formula is C6H10F2O2. The van der Waals surface area contributed by atoms with Gasteiger partial charge in [0, 0.05) is 0 Å². The summed E-state index contributed by atoms with van der Waals surface area (Å²) in [6.45, 7) is 0. The molecule has 0 bridgehead atoms. The smallest absolute Gasteiger partial charge is 0.129 e. The summed E-state index contributed by atoms with van der Waals surface area (Å²) >= 11 is 0. The second-order valence-electron chi connectivity index (χ2n) is 2.59. The van der Waals surface area contributed by atoms with Crippen LogP contribution in [0, 0.1) is 0 Å². The molecule has 10 heavy (non-hydrogen) atoms. The minimum atomic E-state index is -1.54. The number of rotatable bonds is 0. The summed E-state index contributed by atoms with van der Waals surface area (Å²) in [6.07, 6.45) is -6.02. The highest BCUT2D eigenvalue weighted by Gasteiger charge is 2.37. The van der Waals surface area contributed by atoms with Crippen LogP contribution in [0.25, 0.3) is 0 Å². The number of halogens is 2. The first-order chi connectivity index (χ1) is 4.63. The van der Waals surface area contributed by atoms with Crippen LogP contribution < -0.4 is 0 Å². The predicted molar refractivity (Wildman–Crippen MR) is 31.0 cm³/mol. The van der Waals surface area contributed by atoms with Crippen molar-refractivity contribution in [1.29, 1.82) is 0 Å². The fourth-order valence-corrected chi connectivity index (χ4v) is 1.09. The van der Waals surface area contributed by atoms with Gasteiger partial charge in [0.25, 0.3) is 0 Å². The third kappa shape index (κ3) is 1.27. The lowest BCUT2D eigenvalue weighted by Gasteiger charge is -2.29. The van der Waals surface area contributed by atoms with Gasteiger partial charge in [0.1, 0.15) is 24.6 Å². The zero-order valence-electron chi connectivity index (χ0n) is 5.37. The van der Waals surface area contributed by atoms with Gasteiger partial charge in [-0.2, -0.15) is 0 Å². The third-order valence-electron chi connectivity index (χ3n) is 1.81. The molecule has 4 atom stereocenters. The average molecular weight is 152 g/mol. The first-order valence-corrected chi connectivity index (χ1v) is 3.27. The lowest BCUT2D eigenvalue weighted by atomic mass is 9.92. The van der Waals surface area contributed by atoms with Gasteiger partial charge in [-0.25, -0.2) is 8.78 Å². The van der Waals surface area contributed by atoms with Gasteiger partial charge in [0.05, 0.1) is 0 Å². The molecule has 0 amide bonds. The number of aliphatic hydroxyl groups excluding tert-OH is 2. The van der Waals surface area contributed by atoms with Crippen LogP contribution in [0.2, 0.25) is 0 Å². The molecule has 0 radical (unpaired) electrons. The van der Waals surface area contributed by atoms with Gasteiger partial charge >= 0.3 is 0 Å². The van der Waals surface area contributed by atoms with Gasteiger partial charge in [-0.05, 0) is 12.8 Å². The number of alkyl halides is 2. The zero-order valence-corrected chi connectivity index (χ0v) is 5.37. The van der Waals surface area contributed by atoms with E-state index in [4.69, 9.17) is 10.2 Å². The van der Waals surface area contributed by atoms with Crippen molar-refractivity contribution >= 4 is 0 Å². The van der Waals surface area contributed by atoms with Gasteiger partial charge in [0.15, 0.2) is 0 Å². The van der Waals surface area contributed by atoms with E-state index in [2.05, 4.69) is 0 Å². The molecule has 0 aromatic rings. The van der Waals surface area contributed by atoms with Crippen LogP contribution in [0.1, 0.15) is 12.8 Å². The van der Waals surface area contributed by atoms with Crippen LogP contribution in [0.4, 0.5) is 8.78 Å². The highest BCUT2D eigenvalue weighted by molar-refractivity contribution is 4.87. The zero-order chi connectivity index (χ0) is 7.72. The minimum absolute atomic E-state index is 0.000602. The molecule has 0 aliphatic heterocycles. The van der Waals surface area contributed by atoms with Crippen molar-refractivity contribution in [3.05, 3.63) is 0 Å². The summed E-state index contributed by atoms with van der Waals surface area (Å²) in [4.78, 5) is 0. The van der Waals surface area contributed by atoms with E-state index >= 15 is 0 Å². The van der Waals surface area contributed by atoms with Gasteiger partial charge < -0.3 is 10.2 Å². The predicted octanol–water partition coefficient (Wildman–Crippen LogP) is 0.178. The maximum atomic E-state index is 12.4. The Labute approximate surface area is 57.5 Å². The van der Waals surface area contributed by atoms with E-state index < -0.39 is 24.6 Å². The Morgan fingerprint density at radius 3 is 1.50 bits per heavy atom. The fourth-order valence-electron chi connectivity index (χ4n) is 1.09. The molecule has 1 aliphatic carbocycles. The maximum absolute atomic E-state index is 12.4. The van der Waals surface area contributed by atoms with Gasteiger partial charge in [-0.1, -0.05) is 0 Å². The molecular weight excluding hydrogens is 142 g/mol. The standard InChI is InChI=1S/C6H10F2O2/c7-3-1-2-4(8)6(10)5(3)9/h3-6,9-10H,1-2H2/t3-,4+,5+,6-. The molecule has 0 saturated heterocycles. The Bertz CT molecular complexity index is 106. The summed E-state index contributed by atoms with van der Waals surface area (Å²) < 4.78 is 24.8. The largest absolute Gasteiger partial charge is 0.387 e. The van der Waals surface area contributed by atoms with Crippen LogP contribution in [0.3, 0.4) is 0 Å². The molecule has 0 aromatic carbocycles. The van der Waals surface area contributed by atoms with Gasteiger partial charge in [0.2, 0.25) is 0 Å². The molecule has 2 nitrogen and oxygen atoms in total. The lowest BCUT2D eigenvalue weighted by molar-refractivity contribution is -0.0919. The van der Waals surface area contributed by atoms with E-state index in [0.29, 0.717) is 0 Å². The first kappa shape index (κ1) is 7.88. The molecule has 0 aromatic heterocycles. The number of hydrogen-bond acceptors (Lipinski definition) is 2. The molecule has 0 unspecified atom stereocenters. The van der Waals surface area contributed by atoms with Crippen molar-refractivity contribution in [3.63, 3.8) is 0 Å². The summed E-state index contributed by atoms with van der Waals surface area (Å²) in [5, 5.41) is 17.5. The van der Waals surface area contributed by atoms with Crippen LogP contribution in [-0.4, -0.2) is 34.8 Å². The van der Waals surface area contributed by atoms with Crippen LogP contribution in [0.15, 0.2) is 0 Å². The van der Waals surface area contributed by atoms with E-state index in [1.54, 1.807) is 0 Å². The highest BCUT2D eigenvalue weighted by atomic mass is 19.1. The van der Waals surface area contributed by atoms with Crippen molar-refractivity contribution in [3.8, 4) is 0 Å². The Morgan fingerprint density at radius 2 is 1.20 bits per heavy atom. The number of aliphatic hydroxyl groups is 2. The first-order valence-electron chi connectivity index (χ1n) is 3.27. The monoisotopic (exact) mass is 152 g/mol. The maximum Gasteiger partial charge on any atom is 0.129 e.